The summed E-state index contributed by atoms with van der Waals surface area (Å²) in [7, 11) is 0. The molecule has 0 spiro atoms. The van der Waals surface area contributed by atoms with Crippen molar-refractivity contribution >= 4 is 34.4 Å². The third-order valence-corrected chi connectivity index (χ3v) is 6.49. The van der Waals surface area contributed by atoms with Gasteiger partial charge in [0.05, 0.1) is 34.3 Å². The predicted octanol–water partition coefficient (Wildman–Crippen LogP) is 4.61. The van der Waals surface area contributed by atoms with E-state index in [4.69, 9.17) is 0 Å². The molecule has 0 saturated carbocycles. The molecule has 2 amide bonds. The van der Waals surface area contributed by atoms with E-state index in [1.165, 1.54) is 4.90 Å². The van der Waals surface area contributed by atoms with E-state index in [1.54, 1.807) is 30.3 Å². The Bertz CT molecular complexity index is 1310. The van der Waals surface area contributed by atoms with Crippen molar-refractivity contribution in [1.82, 2.24) is 4.98 Å². The van der Waals surface area contributed by atoms with Gasteiger partial charge in [0.15, 0.2) is 0 Å². The monoisotopic (exact) mass is 426 g/mol. The van der Waals surface area contributed by atoms with Gasteiger partial charge in [-0.05, 0) is 49.6 Å². The van der Waals surface area contributed by atoms with Crippen LogP contribution in [0.5, 0.6) is 0 Å². The summed E-state index contributed by atoms with van der Waals surface area (Å²) in [5.74, 6) is -1.90. The van der Waals surface area contributed by atoms with Crippen LogP contribution in [0.2, 0.25) is 0 Å². The smallest absolute Gasteiger partial charge is 0.336 e. The maximum Gasteiger partial charge on any atom is 0.336 e. The summed E-state index contributed by atoms with van der Waals surface area (Å²) in [6.45, 7) is 3.88. The number of benzene rings is 2. The van der Waals surface area contributed by atoms with E-state index in [2.05, 4.69) is 4.98 Å². The van der Waals surface area contributed by atoms with Crippen LogP contribution in [0.15, 0.2) is 60.7 Å². The summed E-state index contributed by atoms with van der Waals surface area (Å²) in [5.41, 5.74) is 3.52. The Hall–Kier alpha value is -3.80. The molecule has 5 rings (SSSR count). The number of hydrogen-bond donors (Lipinski definition) is 1. The number of nitrogens with zero attached hydrogens (tertiary/aromatic N) is 2. The molecule has 1 aliphatic carbocycles. The minimum absolute atomic E-state index is 0.0364. The van der Waals surface area contributed by atoms with Crippen molar-refractivity contribution in [2.45, 2.75) is 20.3 Å². The first-order valence-corrected chi connectivity index (χ1v) is 10.6. The lowest BCUT2D eigenvalue weighted by Gasteiger charge is -2.22. The van der Waals surface area contributed by atoms with Crippen molar-refractivity contribution < 1.29 is 19.5 Å². The summed E-state index contributed by atoms with van der Waals surface area (Å²) in [6, 6.07) is 14.1. The van der Waals surface area contributed by atoms with Crippen molar-refractivity contribution in [3.63, 3.8) is 0 Å². The number of carboxylic acids is 1. The molecule has 2 aromatic carbocycles. The van der Waals surface area contributed by atoms with Crippen LogP contribution in [0.4, 0.5) is 5.69 Å². The maximum atomic E-state index is 13.0. The predicted molar refractivity (Wildman–Crippen MR) is 121 cm³/mol. The highest BCUT2D eigenvalue weighted by atomic mass is 16.4. The number of fused-ring (bicyclic) bond motifs is 2. The summed E-state index contributed by atoms with van der Waals surface area (Å²) < 4.78 is 0. The van der Waals surface area contributed by atoms with Crippen molar-refractivity contribution in [2.75, 3.05) is 4.90 Å². The zero-order valence-electron chi connectivity index (χ0n) is 17.8. The van der Waals surface area contributed by atoms with Crippen molar-refractivity contribution in [3.8, 4) is 11.3 Å². The molecule has 6 nitrogen and oxygen atoms in total. The fourth-order valence-corrected chi connectivity index (χ4v) is 4.85. The minimum Gasteiger partial charge on any atom is -0.478 e. The van der Waals surface area contributed by atoms with Gasteiger partial charge in [0, 0.05) is 10.9 Å². The Morgan fingerprint density at radius 1 is 1.06 bits per heavy atom. The number of aromatic carboxylic acids is 1. The highest BCUT2D eigenvalue weighted by Gasteiger charge is 2.50. The van der Waals surface area contributed by atoms with Gasteiger partial charge in [-0.2, -0.15) is 0 Å². The summed E-state index contributed by atoms with van der Waals surface area (Å²) in [5, 5.41) is 10.3. The normalized spacial score (nSPS) is 22.4. The third kappa shape index (κ3) is 3.11. The largest absolute Gasteiger partial charge is 0.478 e. The Kier molecular flexibility index (Phi) is 4.66. The number of anilines is 1. The lowest BCUT2D eigenvalue weighted by atomic mass is 9.78. The molecular formula is C26H22N2O4. The lowest BCUT2D eigenvalue weighted by Crippen LogP contribution is -2.31. The van der Waals surface area contributed by atoms with Crippen LogP contribution in [0.3, 0.4) is 0 Å². The maximum absolute atomic E-state index is 13.0. The van der Waals surface area contributed by atoms with Crippen molar-refractivity contribution in [1.29, 1.82) is 0 Å². The van der Waals surface area contributed by atoms with E-state index in [0.29, 0.717) is 34.3 Å². The second-order valence-electron chi connectivity index (χ2n) is 8.59. The van der Waals surface area contributed by atoms with Gasteiger partial charge in [-0.3, -0.25) is 14.5 Å². The van der Waals surface area contributed by atoms with Crippen LogP contribution < -0.4 is 4.90 Å². The van der Waals surface area contributed by atoms with E-state index >= 15 is 0 Å². The molecule has 1 saturated heterocycles. The number of imide groups is 1. The zero-order valence-corrected chi connectivity index (χ0v) is 17.8. The van der Waals surface area contributed by atoms with Gasteiger partial charge in [-0.25, -0.2) is 9.78 Å². The van der Waals surface area contributed by atoms with Gasteiger partial charge in [0.2, 0.25) is 11.8 Å². The van der Waals surface area contributed by atoms with Gasteiger partial charge >= 0.3 is 5.97 Å². The Morgan fingerprint density at radius 2 is 1.81 bits per heavy atom. The Morgan fingerprint density at radius 3 is 2.50 bits per heavy atom. The molecule has 32 heavy (non-hydrogen) atoms. The van der Waals surface area contributed by atoms with Crippen molar-refractivity contribution in [3.05, 3.63) is 71.8 Å². The van der Waals surface area contributed by atoms with Gasteiger partial charge in [-0.1, -0.05) is 42.8 Å². The summed E-state index contributed by atoms with van der Waals surface area (Å²) in [6.07, 6.45) is 4.58. The summed E-state index contributed by atoms with van der Waals surface area (Å²) >= 11 is 0. The number of hydrogen-bond acceptors (Lipinski definition) is 4. The van der Waals surface area contributed by atoms with Crippen LogP contribution in [0.1, 0.15) is 29.3 Å². The third-order valence-electron chi connectivity index (χ3n) is 6.49. The van der Waals surface area contributed by atoms with E-state index in [1.807, 2.05) is 44.2 Å². The van der Waals surface area contributed by atoms with Gasteiger partial charge in [0.25, 0.3) is 0 Å². The number of amides is 2. The Labute approximate surface area is 185 Å². The molecule has 1 aromatic heterocycles. The molecule has 1 fully saturated rings. The number of rotatable bonds is 3. The SMILES string of the molecule is Cc1ccc2nc(-c3ccc(N4C(=O)C5CC=CC(C)C5C4=O)cc3)cc(C(=O)O)c2c1. The molecule has 3 atom stereocenters. The molecule has 3 aromatic rings. The first-order chi connectivity index (χ1) is 15.3. The molecule has 6 heteroatoms. The topological polar surface area (TPSA) is 87.6 Å². The highest BCUT2D eigenvalue weighted by molar-refractivity contribution is 6.22. The van der Waals surface area contributed by atoms with Crippen LogP contribution in [-0.2, 0) is 9.59 Å². The highest BCUT2D eigenvalue weighted by Crippen LogP contribution is 2.40. The molecule has 1 N–H and O–H groups in total. The number of carbonyl (C=O) groups excluding carboxylic acids is 2. The quantitative estimate of drug-likeness (QED) is 0.488. The van der Waals surface area contributed by atoms with E-state index in [9.17, 15) is 19.5 Å². The Balaban J connectivity index is 1.51. The molecule has 0 radical (unpaired) electrons. The minimum atomic E-state index is -1.01. The fraction of sp³-hybridized carbons (Fsp3) is 0.231. The van der Waals surface area contributed by atoms with E-state index in [0.717, 1.165) is 5.56 Å². The van der Waals surface area contributed by atoms with Gasteiger partial charge in [-0.15, -0.1) is 0 Å². The molecule has 0 bridgehead atoms. The molecule has 2 heterocycles. The molecule has 1 aliphatic heterocycles. The number of aromatic nitrogens is 1. The molecule has 3 unspecified atom stereocenters. The van der Waals surface area contributed by atoms with E-state index in [-0.39, 0.29) is 35.1 Å². The van der Waals surface area contributed by atoms with Crippen LogP contribution >= 0.6 is 0 Å². The second-order valence-corrected chi connectivity index (χ2v) is 8.59. The van der Waals surface area contributed by atoms with Crippen LogP contribution in [0.25, 0.3) is 22.2 Å². The first kappa shape index (κ1) is 20.1. The summed E-state index contributed by atoms with van der Waals surface area (Å²) in [4.78, 5) is 43.7. The zero-order chi connectivity index (χ0) is 22.6. The fourth-order valence-electron chi connectivity index (χ4n) is 4.85. The van der Waals surface area contributed by atoms with Gasteiger partial charge in [0.1, 0.15) is 0 Å². The average Bonchev–Trinajstić information content (AvgIpc) is 3.04. The second kappa shape index (κ2) is 7.41. The molecule has 160 valence electrons. The lowest BCUT2D eigenvalue weighted by molar-refractivity contribution is -0.122. The average molecular weight is 426 g/mol. The van der Waals surface area contributed by atoms with Crippen LogP contribution in [-0.4, -0.2) is 27.9 Å². The number of allylic oxidation sites excluding steroid dienone is 2. The molecule has 2 aliphatic rings. The first-order valence-electron chi connectivity index (χ1n) is 10.6. The van der Waals surface area contributed by atoms with Crippen LogP contribution in [0, 0.1) is 24.7 Å². The number of aryl methyl sites for hydroxylation is 1. The van der Waals surface area contributed by atoms with Gasteiger partial charge < -0.3 is 5.11 Å². The van der Waals surface area contributed by atoms with Crippen molar-refractivity contribution in [2.24, 2.45) is 17.8 Å². The molecular weight excluding hydrogens is 404 g/mol. The standard InChI is InChI=1S/C26H22N2O4/c1-14-6-11-21-19(12-14)20(26(31)32)13-22(27-21)16-7-9-17(10-8-16)28-24(29)18-5-3-4-15(2)23(18)25(28)30/h3-4,6-13,15,18,23H,5H2,1-2H3,(H,31,32). The van der Waals surface area contributed by atoms with E-state index < -0.39 is 5.97 Å². The number of carboxylic acid groups (broad SMARTS) is 1. The number of carbonyl (C=O) groups is 3. The number of pyridine rings is 1.